The van der Waals surface area contributed by atoms with Gasteiger partial charge in [0.05, 0.1) is 18.4 Å². The summed E-state index contributed by atoms with van der Waals surface area (Å²) in [5, 5.41) is 4.32. The summed E-state index contributed by atoms with van der Waals surface area (Å²) in [6, 6.07) is 10.1. The maximum Gasteiger partial charge on any atom is 0.126 e. The minimum atomic E-state index is 0.116. The normalized spacial score (nSPS) is 28.6. The van der Waals surface area contributed by atoms with Gasteiger partial charge in [-0.3, -0.25) is 0 Å². The summed E-state index contributed by atoms with van der Waals surface area (Å²) in [6.07, 6.45) is 2.87. The van der Waals surface area contributed by atoms with Crippen molar-refractivity contribution in [3.8, 4) is 0 Å². The fraction of sp³-hybridized carbons (Fsp3) is 0.333. The van der Waals surface area contributed by atoms with Gasteiger partial charge in [0.15, 0.2) is 0 Å². The van der Waals surface area contributed by atoms with Gasteiger partial charge in [-0.2, -0.15) is 0 Å². The molecule has 0 spiro atoms. The molecule has 1 aromatic carbocycles. The van der Waals surface area contributed by atoms with Crippen LogP contribution in [0.25, 0.3) is 0 Å². The van der Waals surface area contributed by atoms with Gasteiger partial charge in [0.2, 0.25) is 0 Å². The number of ether oxygens (including phenoxy) is 1. The van der Waals surface area contributed by atoms with Crippen LogP contribution in [0.5, 0.6) is 0 Å². The fourth-order valence-corrected chi connectivity index (χ4v) is 3.37. The molecule has 3 heterocycles. The highest BCUT2D eigenvalue weighted by Gasteiger charge is 2.42. The molecule has 4 rings (SSSR count). The molecule has 3 nitrogen and oxygen atoms in total. The van der Waals surface area contributed by atoms with E-state index in [-0.39, 0.29) is 12.1 Å². The van der Waals surface area contributed by atoms with Gasteiger partial charge < -0.3 is 14.5 Å². The first-order valence-corrected chi connectivity index (χ1v) is 6.92. The van der Waals surface area contributed by atoms with Crippen molar-refractivity contribution in [3.63, 3.8) is 0 Å². The van der Waals surface area contributed by atoms with Crippen LogP contribution in [0.2, 0.25) is 5.02 Å². The second-order valence-corrected chi connectivity index (χ2v) is 5.55. The smallest absolute Gasteiger partial charge is 0.126 e. The lowest BCUT2D eigenvalue weighted by Gasteiger charge is -2.35. The van der Waals surface area contributed by atoms with Crippen LogP contribution >= 0.6 is 11.6 Å². The molecule has 0 bridgehead atoms. The Hall–Kier alpha value is -1.45. The van der Waals surface area contributed by atoms with E-state index in [0.29, 0.717) is 5.92 Å². The Morgan fingerprint density at radius 1 is 1.26 bits per heavy atom. The molecule has 0 radical (unpaired) electrons. The second kappa shape index (κ2) is 4.29. The van der Waals surface area contributed by atoms with Gasteiger partial charge >= 0.3 is 0 Å². The third-order valence-corrected chi connectivity index (χ3v) is 4.28. The van der Waals surface area contributed by atoms with Gasteiger partial charge in [-0.05, 0) is 36.8 Å². The summed E-state index contributed by atoms with van der Waals surface area (Å²) >= 11 is 6.10. The highest BCUT2D eigenvalue weighted by Crippen LogP contribution is 2.50. The molecule has 0 amide bonds. The Morgan fingerprint density at radius 3 is 3.05 bits per heavy atom. The van der Waals surface area contributed by atoms with Crippen molar-refractivity contribution in [2.45, 2.75) is 18.6 Å². The maximum atomic E-state index is 6.10. The van der Waals surface area contributed by atoms with Crippen molar-refractivity contribution < 1.29 is 9.15 Å². The summed E-state index contributed by atoms with van der Waals surface area (Å²) in [5.41, 5.74) is 2.26. The number of anilines is 1. The minimum absolute atomic E-state index is 0.116. The lowest BCUT2D eigenvalue weighted by atomic mass is 9.83. The first-order valence-electron chi connectivity index (χ1n) is 6.54. The summed E-state index contributed by atoms with van der Waals surface area (Å²) in [5.74, 6) is 1.37. The van der Waals surface area contributed by atoms with Crippen LogP contribution in [0.4, 0.5) is 5.69 Å². The highest BCUT2D eigenvalue weighted by atomic mass is 35.5. The molecule has 98 valence electrons. The monoisotopic (exact) mass is 275 g/mol. The Labute approximate surface area is 116 Å². The first kappa shape index (κ1) is 11.4. The van der Waals surface area contributed by atoms with E-state index in [1.807, 2.05) is 30.3 Å². The third-order valence-electron chi connectivity index (χ3n) is 4.05. The van der Waals surface area contributed by atoms with Crippen molar-refractivity contribution in [1.82, 2.24) is 0 Å². The number of nitrogens with one attached hydrogen (secondary N) is 1. The Kier molecular flexibility index (Phi) is 2.57. The molecule has 0 aliphatic carbocycles. The standard InChI is InChI=1S/C15H14ClNO2/c16-9-3-4-12-11(8-9)15-10(5-7-19-15)14(17-12)13-2-1-6-18-13/h1-4,6,8,10,14-15,17H,5,7H2/t10-,14+,15-/m1/s1. The number of benzene rings is 1. The van der Waals surface area contributed by atoms with E-state index in [0.717, 1.165) is 35.1 Å². The van der Waals surface area contributed by atoms with Gasteiger partial charge in [0.1, 0.15) is 5.76 Å². The fourth-order valence-electron chi connectivity index (χ4n) is 3.19. The van der Waals surface area contributed by atoms with Crippen LogP contribution in [0.1, 0.15) is 29.9 Å². The maximum absolute atomic E-state index is 6.10. The van der Waals surface area contributed by atoms with Crippen molar-refractivity contribution in [3.05, 3.63) is 52.9 Å². The van der Waals surface area contributed by atoms with Gasteiger partial charge in [0.25, 0.3) is 0 Å². The second-order valence-electron chi connectivity index (χ2n) is 5.11. The molecule has 3 atom stereocenters. The van der Waals surface area contributed by atoms with E-state index in [9.17, 15) is 0 Å². The van der Waals surface area contributed by atoms with Crippen LogP contribution in [0.3, 0.4) is 0 Å². The molecular formula is C15H14ClNO2. The summed E-state index contributed by atoms with van der Waals surface area (Å²) in [4.78, 5) is 0. The average Bonchev–Trinajstić information content (AvgIpc) is 3.09. The van der Waals surface area contributed by atoms with Gasteiger partial charge in [-0.25, -0.2) is 0 Å². The van der Waals surface area contributed by atoms with E-state index in [2.05, 4.69) is 5.32 Å². The van der Waals surface area contributed by atoms with Crippen LogP contribution in [0, 0.1) is 5.92 Å². The number of hydrogen-bond donors (Lipinski definition) is 1. The Morgan fingerprint density at radius 2 is 2.21 bits per heavy atom. The summed E-state index contributed by atoms with van der Waals surface area (Å²) < 4.78 is 11.5. The van der Waals surface area contributed by atoms with Crippen molar-refractivity contribution in [1.29, 1.82) is 0 Å². The molecule has 1 N–H and O–H groups in total. The molecule has 1 fully saturated rings. The average molecular weight is 276 g/mol. The Balaban J connectivity index is 1.80. The number of halogens is 1. The molecule has 2 aliphatic heterocycles. The predicted octanol–water partition coefficient (Wildman–Crippen LogP) is 4.18. The minimum Gasteiger partial charge on any atom is -0.467 e. The van der Waals surface area contributed by atoms with Crippen molar-refractivity contribution >= 4 is 17.3 Å². The molecule has 0 unspecified atom stereocenters. The molecule has 19 heavy (non-hydrogen) atoms. The highest BCUT2D eigenvalue weighted by molar-refractivity contribution is 6.30. The van der Waals surface area contributed by atoms with E-state index < -0.39 is 0 Å². The molecule has 4 heteroatoms. The zero-order chi connectivity index (χ0) is 12.8. The molecule has 1 saturated heterocycles. The number of rotatable bonds is 1. The van der Waals surface area contributed by atoms with Gasteiger partial charge in [0, 0.05) is 28.8 Å². The number of furan rings is 1. The zero-order valence-corrected chi connectivity index (χ0v) is 11.1. The number of hydrogen-bond acceptors (Lipinski definition) is 3. The topological polar surface area (TPSA) is 34.4 Å². The van der Waals surface area contributed by atoms with Crippen LogP contribution in [0.15, 0.2) is 41.0 Å². The van der Waals surface area contributed by atoms with E-state index in [4.69, 9.17) is 20.8 Å². The lowest BCUT2D eigenvalue weighted by Crippen LogP contribution is -2.28. The van der Waals surface area contributed by atoms with Crippen LogP contribution < -0.4 is 5.32 Å². The first-order chi connectivity index (χ1) is 9.33. The third kappa shape index (κ3) is 1.77. The quantitative estimate of drug-likeness (QED) is 0.848. The lowest BCUT2D eigenvalue weighted by molar-refractivity contribution is 0.0808. The van der Waals surface area contributed by atoms with E-state index >= 15 is 0 Å². The SMILES string of the molecule is Clc1ccc2c(c1)[C@@H]1OCC[C@@H]1[C@@H](c1ccco1)N2. The zero-order valence-electron chi connectivity index (χ0n) is 10.3. The molecule has 1 aromatic heterocycles. The van der Waals surface area contributed by atoms with E-state index in [1.165, 1.54) is 0 Å². The largest absolute Gasteiger partial charge is 0.467 e. The summed E-state index contributed by atoms with van der Waals surface area (Å²) in [7, 11) is 0. The molecular weight excluding hydrogens is 262 g/mol. The van der Waals surface area contributed by atoms with Crippen LogP contribution in [-0.2, 0) is 4.74 Å². The van der Waals surface area contributed by atoms with Gasteiger partial charge in [-0.15, -0.1) is 0 Å². The van der Waals surface area contributed by atoms with Crippen molar-refractivity contribution in [2.75, 3.05) is 11.9 Å². The predicted molar refractivity (Wildman–Crippen MR) is 73.3 cm³/mol. The summed E-state index contributed by atoms with van der Waals surface area (Å²) in [6.45, 7) is 0.792. The van der Waals surface area contributed by atoms with Crippen LogP contribution in [-0.4, -0.2) is 6.61 Å². The number of fused-ring (bicyclic) bond motifs is 3. The Bertz CT molecular complexity index is 596. The van der Waals surface area contributed by atoms with Gasteiger partial charge in [-0.1, -0.05) is 11.6 Å². The molecule has 2 aliphatic rings. The molecule has 2 aromatic rings. The van der Waals surface area contributed by atoms with E-state index in [1.54, 1.807) is 6.26 Å². The molecule has 0 saturated carbocycles. The van der Waals surface area contributed by atoms with Crippen molar-refractivity contribution in [2.24, 2.45) is 5.92 Å².